The molecule has 0 bridgehead atoms. The molecule has 0 saturated heterocycles. The average Bonchev–Trinajstić information content (AvgIpc) is 2.06. The van der Waals surface area contributed by atoms with Crippen LogP contribution in [0, 0.1) is 6.92 Å². The Morgan fingerprint density at radius 3 is 3.27 bits per heavy atom. The summed E-state index contributed by atoms with van der Waals surface area (Å²) in [5, 5.41) is 0. The third-order valence-electron chi connectivity index (χ3n) is 1.68. The van der Waals surface area contributed by atoms with Gasteiger partial charge in [0, 0.05) is 0 Å². The van der Waals surface area contributed by atoms with Crippen molar-refractivity contribution in [2.75, 3.05) is 10.7 Å². The van der Waals surface area contributed by atoms with Gasteiger partial charge in [0.25, 0.3) is 0 Å². The molecule has 0 aromatic heterocycles. The van der Waals surface area contributed by atoms with Gasteiger partial charge in [0.05, 0.1) is 5.69 Å². The summed E-state index contributed by atoms with van der Waals surface area (Å²) in [6, 6.07) is 6.06. The molecule has 3 heteroatoms. The van der Waals surface area contributed by atoms with Crippen LogP contribution in [0.1, 0.15) is 5.56 Å². The van der Waals surface area contributed by atoms with Gasteiger partial charge >= 0.3 is 0 Å². The van der Waals surface area contributed by atoms with E-state index in [4.69, 9.17) is 4.74 Å². The number of para-hydroxylation sites is 1. The van der Waals surface area contributed by atoms with Crippen LogP contribution in [-0.4, -0.2) is 5.94 Å². The van der Waals surface area contributed by atoms with E-state index in [1.807, 2.05) is 12.1 Å². The number of hydrogen-bond acceptors (Lipinski definition) is 3. The molecular weight excluding hydrogens is 158 g/mol. The lowest BCUT2D eigenvalue weighted by molar-refractivity contribution is 0.392. The number of ether oxygens (including phenoxy) is 1. The lowest BCUT2D eigenvalue weighted by Gasteiger charge is -2.19. The van der Waals surface area contributed by atoms with E-state index in [0.717, 1.165) is 11.4 Å². The van der Waals surface area contributed by atoms with Gasteiger partial charge < -0.3 is 9.46 Å². The molecule has 1 aromatic carbocycles. The molecule has 1 aromatic rings. The Hall–Kier alpha value is -0.830. The van der Waals surface area contributed by atoms with Crippen LogP contribution in [0.5, 0.6) is 5.75 Å². The summed E-state index contributed by atoms with van der Waals surface area (Å²) in [6.07, 6.45) is 0. The van der Waals surface area contributed by atoms with Crippen LogP contribution in [-0.2, 0) is 0 Å². The van der Waals surface area contributed by atoms with Crippen LogP contribution in [0.4, 0.5) is 5.69 Å². The number of hydrogen-bond donors (Lipinski definition) is 1. The summed E-state index contributed by atoms with van der Waals surface area (Å²) >= 11 is 1.58. The first-order valence-corrected chi connectivity index (χ1v) is 4.47. The zero-order valence-electron chi connectivity index (χ0n) is 6.26. The normalized spacial score (nSPS) is 14.6. The summed E-state index contributed by atoms with van der Waals surface area (Å²) in [4.78, 5) is 0. The number of fused-ring (bicyclic) bond motifs is 1. The minimum Gasteiger partial charge on any atom is -0.479 e. The van der Waals surface area contributed by atoms with Crippen LogP contribution >= 0.6 is 11.9 Å². The Balaban J connectivity index is 2.49. The second-order valence-corrected chi connectivity index (χ2v) is 3.19. The maximum absolute atomic E-state index is 5.40. The molecule has 0 unspecified atom stereocenters. The third-order valence-corrected chi connectivity index (χ3v) is 2.27. The zero-order chi connectivity index (χ0) is 7.68. The Labute approximate surface area is 70.1 Å². The standard InChI is InChI=1S/C8H9NOS/c1-6-3-2-4-7-8(6)9-11-5-10-7/h2-4,9H,5H2,1H3. The van der Waals surface area contributed by atoms with Gasteiger partial charge in [0.2, 0.25) is 0 Å². The molecule has 2 nitrogen and oxygen atoms in total. The lowest BCUT2D eigenvalue weighted by Crippen LogP contribution is -2.06. The number of anilines is 1. The van der Waals surface area contributed by atoms with Crippen LogP contribution in [0.15, 0.2) is 18.2 Å². The second kappa shape index (κ2) is 2.66. The van der Waals surface area contributed by atoms with Crippen LogP contribution in [0.2, 0.25) is 0 Å². The van der Waals surface area contributed by atoms with Crippen molar-refractivity contribution in [1.82, 2.24) is 0 Å². The van der Waals surface area contributed by atoms with Crippen molar-refractivity contribution in [3.05, 3.63) is 23.8 Å². The molecular formula is C8H9NOS. The van der Waals surface area contributed by atoms with Crippen molar-refractivity contribution in [1.29, 1.82) is 0 Å². The first-order valence-electron chi connectivity index (χ1n) is 3.48. The number of aryl methyl sites for hydroxylation is 1. The van der Waals surface area contributed by atoms with Crippen molar-refractivity contribution < 1.29 is 4.74 Å². The highest BCUT2D eigenvalue weighted by Gasteiger charge is 2.10. The molecule has 1 aliphatic heterocycles. The van der Waals surface area contributed by atoms with Gasteiger partial charge in [-0.2, -0.15) is 0 Å². The van der Waals surface area contributed by atoms with Crippen molar-refractivity contribution in [3.8, 4) is 5.75 Å². The fourth-order valence-corrected chi connectivity index (χ4v) is 1.74. The number of nitrogens with one attached hydrogen (secondary N) is 1. The van der Waals surface area contributed by atoms with Crippen LogP contribution in [0.3, 0.4) is 0 Å². The first kappa shape index (κ1) is 6.85. The second-order valence-electron chi connectivity index (χ2n) is 2.46. The molecule has 2 rings (SSSR count). The number of rotatable bonds is 0. The molecule has 1 heterocycles. The van der Waals surface area contributed by atoms with E-state index in [-0.39, 0.29) is 0 Å². The van der Waals surface area contributed by atoms with Crippen molar-refractivity contribution in [3.63, 3.8) is 0 Å². The monoisotopic (exact) mass is 167 g/mol. The van der Waals surface area contributed by atoms with E-state index in [1.165, 1.54) is 5.56 Å². The predicted octanol–water partition coefficient (Wildman–Crippen LogP) is 2.41. The van der Waals surface area contributed by atoms with E-state index < -0.39 is 0 Å². The molecule has 1 N–H and O–H groups in total. The largest absolute Gasteiger partial charge is 0.479 e. The summed E-state index contributed by atoms with van der Waals surface area (Å²) in [5.41, 5.74) is 2.35. The Bertz CT molecular complexity index is 275. The van der Waals surface area contributed by atoms with E-state index in [1.54, 1.807) is 11.9 Å². The quantitative estimate of drug-likeness (QED) is 0.599. The lowest BCUT2D eigenvalue weighted by atomic mass is 10.2. The maximum atomic E-state index is 5.40. The van der Waals surface area contributed by atoms with Crippen molar-refractivity contribution in [2.45, 2.75) is 6.92 Å². The summed E-state index contributed by atoms with van der Waals surface area (Å²) in [6.45, 7) is 2.07. The average molecular weight is 167 g/mol. The molecule has 11 heavy (non-hydrogen) atoms. The van der Waals surface area contributed by atoms with Gasteiger partial charge in [-0.15, -0.1) is 0 Å². The molecule has 0 fully saturated rings. The Morgan fingerprint density at radius 2 is 2.45 bits per heavy atom. The van der Waals surface area contributed by atoms with E-state index in [0.29, 0.717) is 5.94 Å². The summed E-state index contributed by atoms with van der Waals surface area (Å²) < 4.78 is 8.63. The van der Waals surface area contributed by atoms with Gasteiger partial charge in [-0.3, -0.25) is 0 Å². The molecule has 0 amide bonds. The highest BCUT2D eigenvalue weighted by atomic mass is 32.2. The molecule has 0 saturated carbocycles. The van der Waals surface area contributed by atoms with Crippen LogP contribution < -0.4 is 9.46 Å². The summed E-state index contributed by atoms with van der Waals surface area (Å²) in [5.74, 6) is 1.65. The van der Waals surface area contributed by atoms with Crippen molar-refractivity contribution in [2.24, 2.45) is 0 Å². The fraction of sp³-hybridized carbons (Fsp3) is 0.250. The van der Waals surface area contributed by atoms with Gasteiger partial charge in [0.15, 0.2) is 5.94 Å². The summed E-state index contributed by atoms with van der Waals surface area (Å²) in [7, 11) is 0. The number of benzene rings is 1. The van der Waals surface area contributed by atoms with E-state index in [9.17, 15) is 0 Å². The minimum absolute atomic E-state index is 0.691. The SMILES string of the molecule is Cc1cccc2c1NSCO2. The molecule has 0 atom stereocenters. The molecule has 58 valence electrons. The highest BCUT2D eigenvalue weighted by molar-refractivity contribution is 8.00. The van der Waals surface area contributed by atoms with E-state index >= 15 is 0 Å². The Kier molecular flexibility index (Phi) is 1.66. The predicted molar refractivity (Wildman–Crippen MR) is 47.9 cm³/mol. The minimum atomic E-state index is 0.691. The molecule has 0 aliphatic carbocycles. The van der Waals surface area contributed by atoms with Gasteiger partial charge in [-0.25, -0.2) is 0 Å². The fourth-order valence-electron chi connectivity index (χ4n) is 1.09. The maximum Gasteiger partial charge on any atom is 0.153 e. The molecule has 1 aliphatic rings. The highest BCUT2D eigenvalue weighted by Crippen LogP contribution is 2.33. The van der Waals surface area contributed by atoms with Gasteiger partial charge in [-0.1, -0.05) is 12.1 Å². The Morgan fingerprint density at radius 1 is 1.55 bits per heavy atom. The third kappa shape index (κ3) is 1.16. The van der Waals surface area contributed by atoms with Gasteiger partial charge in [-0.05, 0) is 30.5 Å². The molecule has 0 spiro atoms. The van der Waals surface area contributed by atoms with Gasteiger partial charge in [0.1, 0.15) is 5.75 Å². The van der Waals surface area contributed by atoms with Crippen molar-refractivity contribution >= 4 is 17.6 Å². The van der Waals surface area contributed by atoms with Crippen LogP contribution in [0.25, 0.3) is 0 Å². The van der Waals surface area contributed by atoms with E-state index in [2.05, 4.69) is 17.7 Å². The first-order chi connectivity index (χ1) is 5.38. The molecule has 0 radical (unpaired) electrons. The zero-order valence-corrected chi connectivity index (χ0v) is 7.07. The smallest absolute Gasteiger partial charge is 0.153 e. The topological polar surface area (TPSA) is 21.3 Å².